The number of hydrogen-bond acceptors (Lipinski definition) is 8. The van der Waals surface area contributed by atoms with E-state index in [0.717, 1.165) is 47.3 Å². The van der Waals surface area contributed by atoms with Crippen molar-refractivity contribution in [3.63, 3.8) is 0 Å². The Bertz CT molecular complexity index is 1090. The van der Waals surface area contributed by atoms with Crippen LogP contribution in [0.15, 0.2) is 60.9 Å². The Balaban J connectivity index is 1.33. The number of thiazole rings is 1. The van der Waals surface area contributed by atoms with Crippen molar-refractivity contribution in [2.24, 2.45) is 0 Å². The molecule has 146 valence electrons. The predicted octanol–water partition coefficient (Wildman–Crippen LogP) is 3.74. The lowest BCUT2D eigenvalue weighted by Gasteiger charge is -2.37. The number of nitrogen functional groups attached to an aromatic ring is 1. The van der Waals surface area contributed by atoms with Crippen LogP contribution in [0.25, 0.3) is 10.2 Å². The summed E-state index contributed by atoms with van der Waals surface area (Å²) in [6, 6.07) is 18.5. The van der Waals surface area contributed by atoms with Crippen molar-refractivity contribution >= 4 is 49.7 Å². The predicted molar refractivity (Wildman–Crippen MR) is 120 cm³/mol. The highest BCUT2D eigenvalue weighted by atomic mass is 32.1. The average molecular weight is 404 g/mol. The topological polar surface area (TPSA) is 83.2 Å². The monoisotopic (exact) mass is 403 g/mol. The molecule has 8 heteroatoms. The lowest BCUT2D eigenvalue weighted by atomic mass is 10.2. The number of fused-ring (bicyclic) bond motifs is 1. The minimum absolute atomic E-state index is 0.555. The molecule has 0 unspecified atom stereocenters. The van der Waals surface area contributed by atoms with Crippen LogP contribution in [-0.4, -0.2) is 41.1 Å². The van der Waals surface area contributed by atoms with E-state index >= 15 is 0 Å². The summed E-state index contributed by atoms with van der Waals surface area (Å²) in [6.45, 7) is 3.57. The fraction of sp³-hybridized carbons (Fsp3) is 0.190. The Morgan fingerprint density at radius 1 is 0.862 bits per heavy atom. The molecular weight excluding hydrogens is 382 g/mol. The van der Waals surface area contributed by atoms with Crippen LogP contribution in [0.2, 0.25) is 0 Å². The van der Waals surface area contributed by atoms with Gasteiger partial charge in [0, 0.05) is 31.9 Å². The van der Waals surface area contributed by atoms with Gasteiger partial charge in [0.2, 0.25) is 0 Å². The van der Waals surface area contributed by atoms with Gasteiger partial charge in [-0.05, 0) is 24.3 Å². The van der Waals surface area contributed by atoms with Crippen LogP contribution in [0.1, 0.15) is 0 Å². The maximum Gasteiger partial charge on any atom is 0.189 e. The minimum Gasteiger partial charge on any atom is -0.393 e. The highest BCUT2D eigenvalue weighted by Crippen LogP contribution is 2.32. The van der Waals surface area contributed by atoms with E-state index in [1.807, 2.05) is 24.3 Å². The quantitative estimate of drug-likeness (QED) is 0.537. The molecule has 0 aliphatic carbocycles. The molecule has 0 spiro atoms. The highest BCUT2D eigenvalue weighted by molar-refractivity contribution is 7.22. The second kappa shape index (κ2) is 7.56. The van der Waals surface area contributed by atoms with Gasteiger partial charge in [-0.2, -0.15) is 0 Å². The molecule has 1 aliphatic rings. The molecule has 0 amide bonds. The molecule has 0 atom stereocenters. The zero-order chi connectivity index (χ0) is 19.6. The second-order valence-corrected chi connectivity index (χ2v) is 7.91. The van der Waals surface area contributed by atoms with Crippen molar-refractivity contribution < 1.29 is 0 Å². The number of nitrogens with one attached hydrogen (secondary N) is 1. The molecule has 0 saturated carbocycles. The van der Waals surface area contributed by atoms with Gasteiger partial charge in [-0.25, -0.2) is 15.0 Å². The van der Waals surface area contributed by atoms with Crippen molar-refractivity contribution in [2.45, 2.75) is 0 Å². The van der Waals surface area contributed by atoms with E-state index in [9.17, 15) is 0 Å². The van der Waals surface area contributed by atoms with E-state index < -0.39 is 0 Å². The third-order valence-electron chi connectivity index (χ3n) is 5.08. The summed E-state index contributed by atoms with van der Waals surface area (Å²) in [7, 11) is 0. The van der Waals surface area contributed by atoms with E-state index in [0.29, 0.717) is 11.5 Å². The number of nitrogens with zero attached hydrogens (tertiary/aromatic N) is 5. The normalized spacial score (nSPS) is 14.3. The van der Waals surface area contributed by atoms with Crippen LogP contribution >= 0.6 is 11.3 Å². The van der Waals surface area contributed by atoms with Crippen LogP contribution in [0, 0.1) is 0 Å². The molecule has 1 saturated heterocycles. The smallest absolute Gasteiger partial charge is 0.189 e. The zero-order valence-electron chi connectivity index (χ0n) is 15.8. The van der Waals surface area contributed by atoms with Gasteiger partial charge in [0.15, 0.2) is 16.8 Å². The zero-order valence-corrected chi connectivity index (χ0v) is 16.6. The van der Waals surface area contributed by atoms with E-state index in [4.69, 9.17) is 5.73 Å². The van der Waals surface area contributed by atoms with Gasteiger partial charge in [-0.1, -0.05) is 41.7 Å². The van der Waals surface area contributed by atoms with Gasteiger partial charge in [-0.3, -0.25) is 0 Å². The second-order valence-electron chi connectivity index (χ2n) is 6.88. The molecular formula is C21H21N7S. The van der Waals surface area contributed by atoms with E-state index in [-0.39, 0.29) is 0 Å². The molecule has 5 rings (SSSR count). The molecule has 29 heavy (non-hydrogen) atoms. The fourth-order valence-electron chi connectivity index (χ4n) is 3.58. The molecule has 1 aliphatic heterocycles. The number of piperazine rings is 1. The Hall–Kier alpha value is -3.39. The number of nitrogens with two attached hydrogens (primary N) is 1. The number of rotatable bonds is 4. The highest BCUT2D eigenvalue weighted by Gasteiger charge is 2.21. The molecule has 3 heterocycles. The minimum atomic E-state index is 0.555. The van der Waals surface area contributed by atoms with E-state index in [1.54, 1.807) is 17.7 Å². The van der Waals surface area contributed by atoms with E-state index in [1.165, 1.54) is 5.69 Å². The van der Waals surface area contributed by atoms with Crippen LogP contribution in [0.3, 0.4) is 0 Å². The summed E-state index contributed by atoms with van der Waals surface area (Å²) < 4.78 is 1.12. The first-order chi connectivity index (χ1) is 14.3. The fourth-order valence-corrected chi connectivity index (χ4v) is 4.44. The van der Waals surface area contributed by atoms with Crippen LogP contribution in [0.5, 0.6) is 0 Å². The summed E-state index contributed by atoms with van der Waals surface area (Å²) in [6.07, 6.45) is 1.56. The van der Waals surface area contributed by atoms with Crippen molar-refractivity contribution in [1.29, 1.82) is 0 Å². The number of para-hydroxylation sites is 2. The van der Waals surface area contributed by atoms with Gasteiger partial charge >= 0.3 is 0 Å². The van der Waals surface area contributed by atoms with Crippen molar-refractivity contribution in [3.05, 3.63) is 60.9 Å². The maximum atomic E-state index is 6.44. The molecule has 3 N–H and O–H groups in total. The number of hydrogen-bond donors (Lipinski definition) is 2. The Kier molecular flexibility index (Phi) is 4.61. The molecule has 1 fully saturated rings. The number of aromatic nitrogens is 3. The first kappa shape index (κ1) is 17.7. The first-order valence-electron chi connectivity index (χ1n) is 9.56. The van der Waals surface area contributed by atoms with Gasteiger partial charge in [-0.15, -0.1) is 0 Å². The number of benzene rings is 2. The lowest BCUT2D eigenvalue weighted by Crippen LogP contribution is -2.47. The first-order valence-corrected chi connectivity index (χ1v) is 10.4. The summed E-state index contributed by atoms with van der Waals surface area (Å²) in [5, 5.41) is 4.04. The maximum absolute atomic E-state index is 6.44. The third kappa shape index (κ3) is 3.54. The van der Waals surface area contributed by atoms with Gasteiger partial charge in [0.25, 0.3) is 0 Å². The molecule has 2 aromatic heterocycles. The Morgan fingerprint density at radius 3 is 2.38 bits per heavy atom. The summed E-state index contributed by atoms with van der Waals surface area (Å²) >= 11 is 1.58. The Morgan fingerprint density at radius 2 is 1.59 bits per heavy atom. The SMILES string of the molecule is Nc1c(Nc2nc3ccccc3s2)ncnc1N1CCN(c2ccccc2)CC1. The third-order valence-corrected chi connectivity index (χ3v) is 6.03. The molecule has 7 nitrogen and oxygen atoms in total. The summed E-state index contributed by atoms with van der Waals surface area (Å²) in [5.41, 5.74) is 9.21. The van der Waals surface area contributed by atoms with Gasteiger partial charge in [0.05, 0.1) is 10.2 Å². The molecule has 0 bridgehead atoms. The van der Waals surface area contributed by atoms with Crippen LogP contribution < -0.4 is 20.9 Å². The molecule has 0 radical (unpaired) electrons. The summed E-state index contributed by atoms with van der Waals surface area (Å²) in [5.74, 6) is 1.37. The van der Waals surface area contributed by atoms with E-state index in [2.05, 4.69) is 60.4 Å². The van der Waals surface area contributed by atoms with Crippen molar-refractivity contribution in [1.82, 2.24) is 15.0 Å². The lowest BCUT2D eigenvalue weighted by molar-refractivity contribution is 0.647. The summed E-state index contributed by atoms with van der Waals surface area (Å²) in [4.78, 5) is 18.0. The van der Waals surface area contributed by atoms with Crippen molar-refractivity contribution in [2.75, 3.05) is 47.0 Å². The largest absolute Gasteiger partial charge is 0.393 e. The molecule has 4 aromatic rings. The van der Waals surface area contributed by atoms with Gasteiger partial charge < -0.3 is 20.9 Å². The standard InChI is InChI=1S/C21H21N7S/c22-18-19(26-21-25-16-8-4-5-9-17(16)29-21)23-14-24-20(18)28-12-10-27(11-13-28)15-6-2-1-3-7-15/h1-9,14H,10-13,22H2,(H,23,24,25,26). The average Bonchev–Trinajstić information content (AvgIpc) is 3.18. The van der Waals surface area contributed by atoms with Crippen molar-refractivity contribution in [3.8, 4) is 0 Å². The Labute approximate surface area is 172 Å². The van der Waals surface area contributed by atoms with Gasteiger partial charge in [0.1, 0.15) is 12.0 Å². The van der Waals surface area contributed by atoms with Crippen LogP contribution in [-0.2, 0) is 0 Å². The number of anilines is 5. The molecule has 2 aromatic carbocycles. The van der Waals surface area contributed by atoms with Crippen LogP contribution in [0.4, 0.5) is 28.1 Å².